The fourth-order valence-electron chi connectivity index (χ4n) is 4.09. The molecule has 0 atom stereocenters. The summed E-state index contributed by atoms with van der Waals surface area (Å²) in [5.74, 6) is -2.15. The molecule has 0 radical (unpaired) electrons. The molecule has 1 fully saturated rings. The average Bonchev–Trinajstić information content (AvgIpc) is 3.33. The van der Waals surface area contributed by atoms with Crippen LogP contribution in [0.4, 0.5) is 5.88 Å². The Kier molecular flexibility index (Phi) is 6.21. The maximum atomic E-state index is 12.4. The monoisotopic (exact) mass is 497 g/mol. The van der Waals surface area contributed by atoms with Gasteiger partial charge in [-0.25, -0.2) is 14.3 Å². The lowest BCUT2D eigenvalue weighted by Gasteiger charge is -2.29. The molecule has 6 nitrogen and oxygen atoms in total. The number of nitrogens with zero attached hydrogens (tertiary/aromatic N) is 1. The summed E-state index contributed by atoms with van der Waals surface area (Å²) in [6.45, 7) is 3.01. The lowest BCUT2D eigenvalue weighted by molar-refractivity contribution is -0.222. The van der Waals surface area contributed by atoms with E-state index in [0.29, 0.717) is 11.6 Å². The summed E-state index contributed by atoms with van der Waals surface area (Å²) in [5, 5.41) is 3.21. The van der Waals surface area contributed by atoms with Crippen molar-refractivity contribution in [2.24, 2.45) is 4.74 Å². The standard InChI is InChI=1S/C29H24NO5P/c1-29(2)34-27(31)25(28(32)35-29)20-21-18-19-26(33-21)30-36(22-12-6-3-7-13-22,23-14-8-4-9-15-23)24-16-10-5-11-17-24/h3-20H,1-2H3. The van der Waals surface area contributed by atoms with Crippen molar-refractivity contribution in [3.8, 4) is 0 Å². The largest absolute Gasteiger partial charge is 0.439 e. The number of carbonyl (C=O) groups excluding carboxylic acids is 2. The summed E-state index contributed by atoms with van der Waals surface area (Å²) < 4.78 is 21.6. The van der Waals surface area contributed by atoms with E-state index in [2.05, 4.69) is 36.4 Å². The molecule has 0 amide bonds. The van der Waals surface area contributed by atoms with E-state index < -0.39 is 24.8 Å². The fourth-order valence-corrected chi connectivity index (χ4v) is 7.55. The van der Waals surface area contributed by atoms with Crippen molar-refractivity contribution in [1.82, 2.24) is 0 Å². The van der Waals surface area contributed by atoms with Crippen molar-refractivity contribution in [2.45, 2.75) is 19.6 Å². The smallest absolute Gasteiger partial charge is 0.348 e. The first-order valence-electron chi connectivity index (χ1n) is 11.4. The highest BCUT2D eigenvalue weighted by Gasteiger charge is 2.39. The van der Waals surface area contributed by atoms with Gasteiger partial charge in [0, 0.05) is 41.9 Å². The van der Waals surface area contributed by atoms with Crippen LogP contribution in [0.1, 0.15) is 19.6 Å². The van der Waals surface area contributed by atoms with Crippen LogP contribution < -0.4 is 15.9 Å². The summed E-state index contributed by atoms with van der Waals surface area (Å²) in [4.78, 5) is 24.7. The maximum Gasteiger partial charge on any atom is 0.348 e. The third kappa shape index (κ3) is 4.56. The quantitative estimate of drug-likeness (QED) is 0.162. The first kappa shape index (κ1) is 23.6. The summed E-state index contributed by atoms with van der Waals surface area (Å²) in [5.41, 5.74) is -0.231. The van der Waals surface area contributed by atoms with Gasteiger partial charge < -0.3 is 13.9 Å². The number of hydrogen-bond donors (Lipinski definition) is 0. The number of ether oxygens (including phenoxy) is 2. The lowest BCUT2D eigenvalue weighted by Crippen LogP contribution is -2.41. The molecule has 0 aliphatic carbocycles. The van der Waals surface area contributed by atoms with Crippen molar-refractivity contribution < 1.29 is 23.5 Å². The number of esters is 2. The molecule has 1 saturated heterocycles. The van der Waals surface area contributed by atoms with Gasteiger partial charge in [-0.3, -0.25) is 0 Å². The average molecular weight is 497 g/mol. The highest BCUT2D eigenvalue weighted by Crippen LogP contribution is 2.49. The third-order valence-corrected chi connectivity index (χ3v) is 9.29. The molecular weight excluding hydrogens is 473 g/mol. The lowest BCUT2D eigenvalue weighted by atomic mass is 10.2. The van der Waals surface area contributed by atoms with Crippen molar-refractivity contribution in [3.63, 3.8) is 0 Å². The first-order valence-corrected chi connectivity index (χ1v) is 13.2. The second kappa shape index (κ2) is 9.48. The van der Waals surface area contributed by atoms with E-state index in [0.717, 1.165) is 15.9 Å². The Labute approximate surface area is 209 Å². The molecule has 0 N–H and O–H groups in total. The van der Waals surface area contributed by atoms with Gasteiger partial charge in [0.05, 0.1) is 7.05 Å². The molecule has 0 bridgehead atoms. The zero-order valence-electron chi connectivity index (χ0n) is 19.8. The third-order valence-electron chi connectivity index (χ3n) is 5.65. The highest BCUT2D eigenvalue weighted by molar-refractivity contribution is 7.87. The second-order valence-electron chi connectivity index (χ2n) is 8.65. The summed E-state index contributed by atoms with van der Waals surface area (Å²) in [7, 11) is -2.52. The van der Waals surface area contributed by atoms with E-state index in [9.17, 15) is 9.59 Å². The zero-order valence-corrected chi connectivity index (χ0v) is 20.7. The van der Waals surface area contributed by atoms with E-state index in [4.69, 9.17) is 18.6 Å². The van der Waals surface area contributed by atoms with Crippen LogP contribution in [-0.2, 0) is 19.1 Å². The van der Waals surface area contributed by atoms with Gasteiger partial charge in [0.1, 0.15) is 11.3 Å². The van der Waals surface area contributed by atoms with Gasteiger partial charge in [0.15, 0.2) is 0 Å². The predicted octanol–water partition coefficient (Wildman–Crippen LogP) is 5.31. The maximum absolute atomic E-state index is 12.4. The summed E-state index contributed by atoms with van der Waals surface area (Å²) >= 11 is 0. The van der Waals surface area contributed by atoms with Crippen LogP contribution in [0.15, 0.2) is 118 Å². The van der Waals surface area contributed by atoms with Gasteiger partial charge in [-0.1, -0.05) is 91.0 Å². The Balaban J connectivity index is 1.68. The van der Waals surface area contributed by atoms with Crippen LogP contribution in [0.25, 0.3) is 6.08 Å². The molecule has 5 rings (SSSR count). The van der Waals surface area contributed by atoms with E-state index in [-0.39, 0.29) is 5.57 Å². The van der Waals surface area contributed by atoms with Crippen LogP contribution in [0.5, 0.6) is 0 Å². The molecule has 180 valence electrons. The normalized spacial score (nSPS) is 15.1. The Morgan fingerprint density at radius 3 is 1.56 bits per heavy atom. The molecule has 0 unspecified atom stereocenters. The van der Waals surface area contributed by atoms with Crippen LogP contribution in [0.2, 0.25) is 0 Å². The van der Waals surface area contributed by atoms with Crippen molar-refractivity contribution in [2.75, 3.05) is 0 Å². The van der Waals surface area contributed by atoms with Gasteiger partial charge in [0.25, 0.3) is 5.79 Å². The SMILES string of the molecule is CC1(C)OC(=O)C(=Cc2ccc(N=P(c3ccccc3)(c3ccccc3)c3ccccc3)o2)C(=O)O1. The number of rotatable bonds is 5. The Hall–Kier alpha value is -4.15. The second-order valence-corrected chi connectivity index (χ2v) is 11.7. The van der Waals surface area contributed by atoms with E-state index in [1.165, 1.54) is 19.9 Å². The van der Waals surface area contributed by atoms with Crippen molar-refractivity contribution in [3.05, 3.63) is 114 Å². The number of benzene rings is 3. The topological polar surface area (TPSA) is 78.1 Å². The molecule has 1 aliphatic rings. The Morgan fingerprint density at radius 1 is 0.667 bits per heavy atom. The molecule has 3 aromatic carbocycles. The fraction of sp³-hybridized carbons (Fsp3) is 0.103. The highest BCUT2D eigenvalue weighted by atomic mass is 31.2. The van der Waals surface area contributed by atoms with Crippen LogP contribution in [0.3, 0.4) is 0 Å². The van der Waals surface area contributed by atoms with Crippen LogP contribution in [0, 0.1) is 0 Å². The van der Waals surface area contributed by atoms with Crippen molar-refractivity contribution in [1.29, 1.82) is 0 Å². The molecule has 4 aromatic rings. The van der Waals surface area contributed by atoms with E-state index in [1.807, 2.05) is 54.6 Å². The molecule has 1 aliphatic heterocycles. The number of carbonyl (C=O) groups is 2. The van der Waals surface area contributed by atoms with Gasteiger partial charge in [0.2, 0.25) is 5.88 Å². The number of furan rings is 1. The zero-order chi connectivity index (χ0) is 25.2. The Bertz CT molecular complexity index is 1360. The number of cyclic esters (lactones) is 2. The van der Waals surface area contributed by atoms with Crippen LogP contribution in [-0.4, -0.2) is 17.7 Å². The van der Waals surface area contributed by atoms with Gasteiger partial charge in [-0.05, 0) is 6.07 Å². The van der Waals surface area contributed by atoms with Gasteiger partial charge in [-0.15, -0.1) is 0 Å². The van der Waals surface area contributed by atoms with E-state index in [1.54, 1.807) is 12.1 Å². The molecule has 7 heteroatoms. The van der Waals surface area contributed by atoms with Crippen molar-refractivity contribution >= 4 is 46.9 Å². The molecule has 2 heterocycles. The minimum atomic E-state index is -2.52. The summed E-state index contributed by atoms with van der Waals surface area (Å²) in [6, 6.07) is 33.9. The minimum Gasteiger partial charge on any atom is -0.439 e. The van der Waals surface area contributed by atoms with Crippen LogP contribution >= 0.6 is 7.05 Å². The Morgan fingerprint density at radius 2 is 1.11 bits per heavy atom. The molecular formula is C29H24NO5P. The first-order chi connectivity index (χ1) is 17.4. The minimum absolute atomic E-state index is 0.231. The molecule has 36 heavy (non-hydrogen) atoms. The summed E-state index contributed by atoms with van der Waals surface area (Å²) in [6.07, 6.45) is 1.33. The molecule has 0 spiro atoms. The predicted molar refractivity (Wildman–Crippen MR) is 140 cm³/mol. The van der Waals surface area contributed by atoms with Gasteiger partial charge >= 0.3 is 11.9 Å². The molecule has 0 saturated carbocycles. The molecule has 1 aromatic heterocycles. The van der Waals surface area contributed by atoms with Gasteiger partial charge in [-0.2, -0.15) is 0 Å². The number of hydrogen-bond acceptors (Lipinski definition) is 6. The van der Waals surface area contributed by atoms with E-state index >= 15 is 0 Å².